The molecule has 0 aromatic carbocycles. The van der Waals surface area contributed by atoms with Gasteiger partial charge in [-0.3, -0.25) is 4.79 Å². The highest BCUT2D eigenvalue weighted by molar-refractivity contribution is 5.94. The van der Waals surface area contributed by atoms with Crippen molar-refractivity contribution in [3.05, 3.63) is 18.2 Å². The molecule has 0 amide bonds. The number of nitrogens with two attached hydrogens (primary N) is 1. The summed E-state index contributed by atoms with van der Waals surface area (Å²) in [4.78, 5) is 16.1. The largest absolute Gasteiger partial charge is 0.332 e. The van der Waals surface area contributed by atoms with Crippen LogP contribution in [0.25, 0.3) is 0 Å². The lowest BCUT2D eigenvalue weighted by molar-refractivity contribution is 0.0895. The van der Waals surface area contributed by atoms with E-state index in [0.29, 0.717) is 18.3 Å². The molecule has 84 valence electrons. The molecule has 1 unspecified atom stereocenters. The number of aromatic nitrogens is 2. The van der Waals surface area contributed by atoms with Gasteiger partial charge in [-0.15, -0.1) is 0 Å². The van der Waals surface area contributed by atoms with Crippen molar-refractivity contribution in [1.29, 1.82) is 0 Å². The number of Topliss-reactive ketones (excluding diaryl/α,β-unsaturated/α-hetero) is 1. The molecule has 1 aromatic heterocycles. The van der Waals surface area contributed by atoms with Gasteiger partial charge in [0.2, 0.25) is 5.78 Å². The number of hydrogen-bond donors (Lipinski definition) is 1. The Kier molecular flexibility index (Phi) is 4.03. The maximum absolute atomic E-state index is 12.0. The molecule has 1 rings (SSSR count). The topological polar surface area (TPSA) is 60.9 Å². The van der Waals surface area contributed by atoms with Crippen LogP contribution in [0, 0.1) is 11.8 Å². The number of carbonyl (C=O) groups excluding carboxylic acids is 1. The quantitative estimate of drug-likeness (QED) is 0.742. The Balaban J connectivity index is 2.78. The van der Waals surface area contributed by atoms with Crippen molar-refractivity contribution in [1.82, 2.24) is 9.55 Å². The van der Waals surface area contributed by atoms with Gasteiger partial charge in [0.15, 0.2) is 5.82 Å². The Bertz CT molecular complexity index is 330. The van der Waals surface area contributed by atoms with Crippen LogP contribution in [0.1, 0.15) is 30.9 Å². The molecule has 1 atom stereocenters. The van der Waals surface area contributed by atoms with Crippen LogP contribution in [0.15, 0.2) is 12.4 Å². The Morgan fingerprint density at radius 1 is 1.60 bits per heavy atom. The fourth-order valence-electron chi connectivity index (χ4n) is 1.66. The minimum Gasteiger partial charge on any atom is -0.332 e. The molecule has 15 heavy (non-hydrogen) atoms. The summed E-state index contributed by atoms with van der Waals surface area (Å²) in [5, 5.41) is 0. The third-order valence-electron chi connectivity index (χ3n) is 2.45. The van der Waals surface area contributed by atoms with Gasteiger partial charge < -0.3 is 10.3 Å². The summed E-state index contributed by atoms with van der Waals surface area (Å²) in [7, 11) is 1.82. The Hall–Kier alpha value is -1.16. The van der Waals surface area contributed by atoms with Crippen LogP contribution in [0.4, 0.5) is 0 Å². The third-order valence-corrected chi connectivity index (χ3v) is 2.45. The molecule has 0 aliphatic heterocycles. The van der Waals surface area contributed by atoms with Gasteiger partial charge in [0.05, 0.1) is 0 Å². The van der Waals surface area contributed by atoms with E-state index in [9.17, 15) is 4.79 Å². The molecule has 0 radical (unpaired) electrons. The van der Waals surface area contributed by atoms with Crippen LogP contribution in [0.3, 0.4) is 0 Å². The maximum atomic E-state index is 12.0. The van der Waals surface area contributed by atoms with E-state index in [2.05, 4.69) is 18.8 Å². The van der Waals surface area contributed by atoms with Crippen molar-refractivity contribution in [2.45, 2.75) is 20.3 Å². The molecule has 0 saturated carbocycles. The molecule has 0 spiro atoms. The summed E-state index contributed by atoms with van der Waals surface area (Å²) in [6, 6.07) is 0. The molecular formula is C11H19N3O. The van der Waals surface area contributed by atoms with Gasteiger partial charge in [-0.05, 0) is 12.3 Å². The second kappa shape index (κ2) is 5.07. The highest BCUT2D eigenvalue weighted by Gasteiger charge is 2.22. The van der Waals surface area contributed by atoms with E-state index in [-0.39, 0.29) is 11.7 Å². The molecule has 1 aromatic rings. The normalized spacial score (nSPS) is 13.1. The average molecular weight is 209 g/mol. The third kappa shape index (κ3) is 2.89. The van der Waals surface area contributed by atoms with Crippen LogP contribution in [-0.4, -0.2) is 21.9 Å². The van der Waals surface area contributed by atoms with E-state index >= 15 is 0 Å². The lowest BCUT2D eigenvalue weighted by Crippen LogP contribution is -2.27. The number of carbonyl (C=O) groups is 1. The second-order valence-corrected chi connectivity index (χ2v) is 4.29. The first-order valence-electron chi connectivity index (χ1n) is 5.27. The van der Waals surface area contributed by atoms with Gasteiger partial charge in [0, 0.05) is 31.9 Å². The van der Waals surface area contributed by atoms with Crippen molar-refractivity contribution < 1.29 is 4.79 Å². The number of imidazole rings is 1. The smallest absolute Gasteiger partial charge is 0.202 e. The molecule has 0 aliphatic rings. The van der Waals surface area contributed by atoms with E-state index in [1.165, 1.54) is 0 Å². The zero-order valence-corrected chi connectivity index (χ0v) is 9.60. The standard InChI is InChI=1S/C11H19N3O/c1-8(2)6-9(7-12)10(15)11-13-4-5-14(11)3/h4-5,8-9H,6-7,12H2,1-3H3. The average Bonchev–Trinajstić information content (AvgIpc) is 2.59. The number of ketones is 1. The van der Waals surface area contributed by atoms with Crippen molar-refractivity contribution in [2.75, 3.05) is 6.54 Å². The maximum Gasteiger partial charge on any atom is 0.202 e. The Morgan fingerprint density at radius 2 is 2.27 bits per heavy atom. The molecule has 0 bridgehead atoms. The molecule has 1 heterocycles. The predicted octanol–water partition coefficient (Wildman–Crippen LogP) is 1.22. The summed E-state index contributed by atoms with van der Waals surface area (Å²) in [5.41, 5.74) is 5.62. The highest BCUT2D eigenvalue weighted by Crippen LogP contribution is 2.15. The summed E-state index contributed by atoms with van der Waals surface area (Å²) in [5.74, 6) is 0.929. The number of aryl methyl sites for hydroxylation is 1. The van der Waals surface area contributed by atoms with Gasteiger partial charge in [0.25, 0.3) is 0 Å². The van der Waals surface area contributed by atoms with E-state index in [4.69, 9.17) is 5.73 Å². The van der Waals surface area contributed by atoms with Crippen molar-refractivity contribution in [2.24, 2.45) is 24.6 Å². The minimum absolute atomic E-state index is 0.0544. The summed E-state index contributed by atoms with van der Waals surface area (Å²) >= 11 is 0. The molecule has 2 N–H and O–H groups in total. The molecule has 4 nitrogen and oxygen atoms in total. The number of rotatable bonds is 5. The summed E-state index contributed by atoms with van der Waals surface area (Å²) in [6.07, 6.45) is 4.23. The highest BCUT2D eigenvalue weighted by atomic mass is 16.1. The molecular weight excluding hydrogens is 190 g/mol. The second-order valence-electron chi connectivity index (χ2n) is 4.29. The molecule has 0 saturated heterocycles. The van der Waals surface area contributed by atoms with Crippen LogP contribution < -0.4 is 5.73 Å². The van der Waals surface area contributed by atoms with E-state index in [0.717, 1.165) is 6.42 Å². The van der Waals surface area contributed by atoms with Gasteiger partial charge in [0.1, 0.15) is 0 Å². The summed E-state index contributed by atoms with van der Waals surface area (Å²) < 4.78 is 1.74. The molecule has 0 aliphatic carbocycles. The van der Waals surface area contributed by atoms with E-state index in [1.807, 2.05) is 7.05 Å². The van der Waals surface area contributed by atoms with Gasteiger partial charge >= 0.3 is 0 Å². The number of hydrogen-bond acceptors (Lipinski definition) is 3. The Labute approximate surface area is 90.5 Å². The van der Waals surface area contributed by atoms with Crippen molar-refractivity contribution >= 4 is 5.78 Å². The number of nitrogens with zero attached hydrogens (tertiary/aromatic N) is 2. The molecule has 4 heteroatoms. The SMILES string of the molecule is CC(C)CC(CN)C(=O)c1nccn1C. The van der Waals surface area contributed by atoms with Gasteiger partial charge in [-0.25, -0.2) is 4.98 Å². The van der Waals surface area contributed by atoms with Gasteiger partial charge in [-0.1, -0.05) is 13.8 Å². The fraction of sp³-hybridized carbons (Fsp3) is 0.636. The van der Waals surface area contributed by atoms with Crippen LogP contribution in [0.2, 0.25) is 0 Å². The molecule has 0 fully saturated rings. The van der Waals surface area contributed by atoms with Crippen molar-refractivity contribution in [3.8, 4) is 0 Å². The zero-order chi connectivity index (χ0) is 11.4. The first kappa shape index (κ1) is 11.9. The van der Waals surface area contributed by atoms with Crippen LogP contribution in [0.5, 0.6) is 0 Å². The monoisotopic (exact) mass is 209 g/mol. The fourth-order valence-corrected chi connectivity index (χ4v) is 1.66. The lowest BCUT2D eigenvalue weighted by atomic mass is 9.93. The lowest BCUT2D eigenvalue weighted by Gasteiger charge is -2.15. The van der Waals surface area contributed by atoms with E-state index < -0.39 is 0 Å². The van der Waals surface area contributed by atoms with Crippen molar-refractivity contribution in [3.63, 3.8) is 0 Å². The minimum atomic E-state index is -0.105. The first-order chi connectivity index (χ1) is 7.06. The zero-order valence-electron chi connectivity index (χ0n) is 9.60. The predicted molar refractivity (Wildman–Crippen MR) is 59.5 cm³/mol. The van der Waals surface area contributed by atoms with Gasteiger partial charge in [-0.2, -0.15) is 0 Å². The summed E-state index contributed by atoms with van der Waals surface area (Å²) in [6.45, 7) is 4.58. The van der Waals surface area contributed by atoms with E-state index in [1.54, 1.807) is 17.0 Å². The Morgan fingerprint density at radius 3 is 2.67 bits per heavy atom. The van der Waals surface area contributed by atoms with Crippen LogP contribution in [-0.2, 0) is 7.05 Å². The first-order valence-corrected chi connectivity index (χ1v) is 5.27. The van der Waals surface area contributed by atoms with Crippen LogP contribution >= 0.6 is 0 Å².